The van der Waals surface area contributed by atoms with Crippen molar-refractivity contribution in [2.75, 3.05) is 13.2 Å². The van der Waals surface area contributed by atoms with Crippen LogP contribution in [0.25, 0.3) is 10.9 Å². The average Bonchev–Trinajstić information content (AvgIpc) is 3.17. The number of rotatable bonds is 6. The van der Waals surface area contributed by atoms with Crippen molar-refractivity contribution in [3.8, 4) is 17.4 Å². The van der Waals surface area contributed by atoms with Gasteiger partial charge in [-0.1, -0.05) is 60.1 Å². The molecular formula is C26H21ClN4O5. The predicted octanol–water partition coefficient (Wildman–Crippen LogP) is 4.62. The number of benzene rings is 3. The molecule has 2 amide bonds. The monoisotopic (exact) mass is 504 g/mol. The van der Waals surface area contributed by atoms with Crippen molar-refractivity contribution in [1.29, 1.82) is 0 Å². The molecule has 0 fully saturated rings. The van der Waals surface area contributed by atoms with Gasteiger partial charge in [0.1, 0.15) is 13.2 Å². The zero-order chi connectivity index (χ0) is 25.1. The van der Waals surface area contributed by atoms with Gasteiger partial charge < -0.3 is 24.5 Å². The highest BCUT2D eigenvalue weighted by Gasteiger charge is 2.27. The quantitative estimate of drug-likeness (QED) is 0.372. The molecule has 10 heteroatoms. The van der Waals surface area contributed by atoms with E-state index in [1.165, 1.54) is 0 Å². The first kappa shape index (κ1) is 23.4. The van der Waals surface area contributed by atoms with Crippen molar-refractivity contribution < 1.29 is 24.2 Å². The van der Waals surface area contributed by atoms with Gasteiger partial charge in [-0.3, -0.25) is 9.59 Å². The summed E-state index contributed by atoms with van der Waals surface area (Å²) in [4.78, 5) is 24.8. The van der Waals surface area contributed by atoms with Crippen molar-refractivity contribution >= 4 is 40.0 Å². The number of ether oxygens (including phenoxy) is 2. The number of amides is 2. The number of fused-ring (bicyclic) bond motifs is 2. The molecule has 3 aromatic carbocycles. The fraction of sp³-hybridized carbons (Fsp3) is 0.154. The number of carbonyl (C=O) groups excluding carboxylic acids is 2. The molecule has 0 spiro atoms. The normalized spacial score (nSPS) is 14.8. The Morgan fingerprint density at radius 2 is 1.75 bits per heavy atom. The van der Waals surface area contributed by atoms with Crippen molar-refractivity contribution in [2.24, 2.45) is 10.2 Å². The van der Waals surface area contributed by atoms with Gasteiger partial charge >= 0.3 is 0 Å². The molecule has 4 aromatic rings. The Labute approximate surface area is 210 Å². The van der Waals surface area contributed by atoms with E-state index in [9.17, 15) is 14.7 Å². The minimum atomic E-state index is -0.892. The number of aromatic hydroxyl groups is 1. The SMILES string of the molecule is O=C(CNC(=O)C1COc2ccccc2O1)N=Nc1c(O)n(Cc2ccccc2Cl)c2ccccc12. The minimum absolute atomic E-state index is 0.0252. The predicted molar refractivity (Wildman–Crippen MR) is 133 cm³/mol. The van der Waals surface area contributed by atoms with Gasteiger partial charge in [-0.15, -0.1) is 10.2 Å². The summed E-state index contributed by atoms with van der Waals surface area (Å²) in [6.45, 7) is -0.0572. The highest BCUT2D eigenvalue weighted by Crippen LogP contribution is 2.39. The molecule has 1 aliphatic heterocycles. The van der Waals surface area contributed by atoms with Crippen LogP contribution in [0.3, 0.4) is 0 Å². The molecule has 1 aliphatic rings. The summed E-state index contributed by atoms with van der Waals surface area (Å²) in [6, 6.07) is 21.6. The summed E-state index contributed by atoms with van der Waals surface area (Å²) in [5.74, 6) is -0.336. The molecule has 0 radical (unpaired) electrons. The van der Waals surface area contributed by atoms with Crippen LogP contribution in [0.4, 0.5) is 5.69 Å². The molecule has 0 bridgehead atoms. The molecule has 182 valence electrons. The van der Waals surface area contributed by atoms with E-state index in [1.54, 1.807) is 47.0 Å². The van der Waals surface area contributed by atoms with Gasteiger partial charge in [0.25, 0.3) is 11.8 Å². The van der Waals surface area contributed by atoms with Gasteiger partial charge in [0.15, 0.2) is 17.2 Å². The molecule has 1 aromatic heterocycles. The summed E-state index contributed by atoms with van der Waals surface area (Å²) >= 11 is 6.30. The summed E-state index contributed by atoms with van der Waals surface area (Å²) in [5, 5.41) is 22.3. The topological polar surface area (TPSA) is 115 Å². The molecule has 0 aliphatic carbocycles. The lowest BCUT2D eigenvalue weighted by atomic mass is 10.2. The lowest BCUT2D eigenvalue weighted by molar-refractivity contribution is -0.132. The van der Waals surface area contributed by atoms with Crippen molar-refractivity contribution in [3.05, 3.63) is 83.4 Å². The highest BCUT2D eigenvalue weighted by molar-refractivity contribution is 6.31. The first-order chi connectivity index (χ1) is 17.5. The number of carbonyl (C=O) groups is 2. The number of nitrogens with one attached hydrogen (secondary N) is 1. The summed E-state index contributed by atoms with van der Waals surface area (Å²) < 4.78 is 12.8. The van der Waals surface area contributed by atoms with Crippen LogP contribution in [-0.4, -0.2) is 40.7 Å². The zero-order valence-electron chi connectivity index (χ0n) is 18.9. The largest absolute Gasteiger partial charge is 0.493 e. The molecule has 36 heavy (non-hydrogen) atoms. The van der Waals surface area contributed by atoms with Crippen LogP contribution in [0, 0.1) is 0 Å². The molecule has 0 saturated heterocycles. The first-order valence-electron chi connectivity index (χ1n) is 11.2. The van der Waals surface area contributed by atoms with Gasteiger partial charge in [0, 0.05) is 10.4 Å². The van der Waals surface area contributed by atoms with Crippen LogP contribution in [0.2, 0.25) is 5.02 Å². The van der Waals surface area contributed by atoms with Crippen molar-refractivity contribution in [2.45, 2.75) is 12.6 Å². The number of halogens is 1. The molecule has 1 unspecified atom stereocenters. The van der Waals surface area contributed by atoms with Gasteiger partial charge in [-0.25, -0.2) is 0 Å². The van der Waals surface area contributed by atoms with E-state index in [0.29, 0.717) is 34.0 Å². The zero-order valence-corrected chi connectivity index (χ0v) is 19.7. The van der Waals surface area contributed by atoms with E-state index in [4.69, 9.17) is 21.1 Å². The maximum absolute atomic E-state index is 12.4. The Kier molecular flexibility index (Phi) is 6.55. The summed E-state index contributed by atoms with van der Waals surface area (Å²) in [5.41, 5.74) is 1.67. The van der Waals surface area contributed by atoms with Gasteiger partial charge in [0.2, 0.25) is 12.0 Å². The highest BCUT2D eigenvalue weighted by atomic mass is 35.5. The second-order valence-corrected chi connectivity index (χ2v) is 8.45. The molecule has 9 nitrogen and oxygen atoms in total. The molecule has 5 rings (SSSR count). The van der Waals surface area contributed by atoms with E-state index < -0.39 is 17.9 Å². The Morgan fingerprint density at radius 3 is 2.58 bits per heavy atom. The van der Waals surface area contributed by atoms with E-state index in [1.807, 2.05) is 30.3 Å². The number of aromatic nitrogens is 1. The fourth-order valence-electron chi connectivity index (χ4n) is 3.89. The maximum atomic E-state index is 12.4. The third-order valence-electron chi connectivity index (χ3n) is 5.68. The standard InChI is InChI=1S/C26H21ClN4O5/c27-18-9-3-1-7-16(18)14-31-19-10-4-2-8-17(19)24(26(31)34)30-29-23(32)13-28-25(33)22-15-35-20-11-5-6-12-21(20)36-22/h1-12,22,34H,13-15H2,(H,28,33). The third-order valence-corrected chi connectivity index (χ3v) is 6.05. The van der Waals surface area contributed by atoms with E-state index in [2.05, 4.69) is 15.5 Å². The molecule has 2 N–H and O–H groups in total. The first-order valence-corrected chi connectivity index (χ1v) is 11.5. The van der Waals surface area contributed by atoms with Crippen LogP contribution in [0.5, 0.6) is 17.4 Å². The van der Waals surface area contributed by atoms with Gasteiger partial charge in [0.05, 0.1) is 12.1 Å². The van der Waals surface area contributed by atoms with E-state index in [-0.39, 0.29) is 24.7 Å². The summed E-state index contributed by atoms with van der Waals surface area (Å²) in [6.07, 6.45) is -0.892. The molecule has 0 saturated carbocycles. The molecule has 2 heterocycles. The molecule has 1 atom stereocenters. The van der Waals surface area contributed by atoms with E-state index in [0.717, 1.165) is 5.56 Å². The van der Waals surface area contributed by atoms with E-state index >= 15 is 0 Å². The van der Waals surface area contributed by atoms with Crippen LogP contribution >= 0.6 is 11.6 Å². The third kappa shape index (κ3) is 4.73. The van der Waals surface area contributed by atoms with Crippen LogP contribution in [-0.2, 0) is 16.1 Å². The van der Waals surface area contributed by atoms with Crippen LogP contribution in [0.1, 0.15) is 5.56 Å². The Balaban J connectivity index is 1.28. The maximum Gasteiger partial charge on any atom is 0.283 e. The number of para-hydroxylation sites is 3. The number of azo groups is 1. The number of nitrogens with zero attached hydrogens (tertiary/aromatic N) is 3. The lowest BCUT2D eigenvalue weighted by Crippen LogP contribution is -2.45. The van der Waals surface area contributed by atoms with Crippen molar-refractivity contribution in [1.82, 2.24) is 9.88 Å². The Hall–Kier alpha value is -4.37. The second kappa shape index (κ2) is 10.1. The molecular weight excluding hydrogens is 484 g/mol. The fourth-order valence-corrected chi connectivity index (χ4v) is 4.09. The summed E-state index contributed by atoms with van der Waals surface area (Å²) in [7, 11) is 0. The number of hydrogen-bond donors (Lipinski definition) is 2. The average molecular weight is 505 g/mol. The Bertz CT molecular complexity index is 1480. The lowest BCUT2D eigenvalue weighted by Gasteiger charge is -2.25. The van der Waals surface area contributed by atoms with Crippen LogP contribution < -0.4 is 14.8 Å². The second-order valence-electron chi connectivity index (χ2n) is 8.04. The van der Waals surface area contributed by atoms with Crippen molar-refractivity contribution in [3.63, 3.8) is 0 Å². The van der Waals surface area contributed by atoms with Crippen LogP contribution in [0.15, 0.2) is 83.0 Å². The Morgan fingerprint density at radius 1 is 1.03 bits per heavy atom. The van der Waals surface area contributed by atoms with Gasteiger partial charge in [-0.05, 0) is 29.8 Å². The minimum Gasteiger partial charge on any atom is -0.493 e. The number of hydrogen-bond acceptors (Lipinski definition) is 6. The van der Waals surface area contributed by atoms with Gasteiger partial charge in [-0.2, -0.15) is 0 Å². The smallest absolute Gasteiger partial charge is 0.283 e.